The second kappa shape index (κ2) is 4.40. The molecule has 15 heavy (non-hydrogen) atoms. The maximum atomic E-state index is 6.23. The molecule has 0 bridgehead atoms. The Morgan fingerprint density at radius 2 is 1.53 bits per heavy atom. The average Bonchev–Trinajstić information content (AvgIpc) is 2.19. The Morgan fingerprint density at radius 3 is 2.13 bits per heavy atom. The van der Waals surface area contributed by atoms with Crippen LogP contribution in [0.25, 0.3) is 0 Å². The normalized spacial score (nSPS) is 41.4. The minimum Gasteiger partial charge on any atom is -0.328 e. The van der Waals surface area contributed by atoms with Crippen LogP contribution in [0.3, 0.4) is 0 Å². The van der Waals surface area contributed by atoms with Crippen molar-refractivity contribution in [2.75, 3.05) is 0 Å². The molecular formula is C12H25N3. The van der Waals surface area contributed by atoms with Gasteiger partial charge in [-0.3, -0.25) is 0 Å². The fourth-order valence-electron chi connectivity index (χ4n) is 3.47. The van der Waals surface area contributed by atoms with Gasteiger partial charge in [0.2, 0.25) is 0 Å². The highest BCUT2D eigenvalue weighted by atomic mass is 15.0. The third-order valence-corrected chi connectivity index (χ3v) is 4.45. The lowest BCUT2D eigenvalue weighted by Crippen LogP contribution is -2.59. The molecule has 0 aliphatic heterocycles. The summed E-state index contributed by atoms with van der Waals surface area (Å²) in [5, 5.41) is 0. The van der Waals surface area contributed by atoms with Gasteiger partial charge >= 0.3 is 0 Å². The third kappa shape index (κ3) is 2.52. The number of hydrogen-bond donors (Lipinski definition) is 3. The summed E-state index contributed by atoms with van der Waals surface area (Å²) in [6, 6.07) is 0.426. The fourth-order valence-corrected chi connectivity index (χ4v) is 3.47. The van der Waals surface area contributed by atoms with Gasteiger partial charge in [0.1, 0.15) is 0 Å². The summed E-state index contributed by atoms with van der Waals surface area (Å²) in [5.41, 5.74) is 18.0. The van der Waals surface area contributed by atoms with E-state index in [2.05, 4.69) is 0 Å². The quantitative estimate of drug-likeness (QED) is 0.572. The molecule has 6 N–H and O–H groups in total. The first kappa shape index (κ1) is 11.4. The molecule has 0 heterocycles. The smallest absolute Gasteiger partial charge is 0.0668 e. The molecule has 0 amide bonds. The Hall–Kier alpha value is -0.120. The molecule has 2 aliphatic carbocycles. The third-order valence-electron chi connectivity index (χ3n) is 4.45. The van der Waals surface area contributed by atoms with Crippen molar-refractivity contribution in [1.29, 1.82) is 0 Å². The summed E-state index contributed by atoms with van der Waals surface area (Å²) < 4.78 is 0. The van der Waals surface area contributed by atoms with E-state index in [1.807, 2.05) is 0 Å². The number of nitrogens with two attached hydrogens (primary N) is 3. The molecule has 2 fully saturated rings. The van der Waals surface area contributed by atoms with Gasteiger partial charge in [-0.2, -0.15) is 0 Å². The highest BCUT2D eigenvalue weighted by molar-refractivity contribution is 4.94. The first-order valence-electron chi connectivity index (χ1n) is 6.43. The Morgan fingerprint density at radius 1 is 0.867 bits per heavy atom. The van der Waals surface area contributed by atoms with E-state index in [9.17, 15) is 0 Å². The molecule has 2 rings (SSSR count). The number of rotatable bonds is 1. The van der Waals surface area contributed by atoms with Gasteiger partial charge in [0.05, 0.1) is 5.66 Å². The van der Waals surface area contributed by atoms with Gasteiger partial charge in [0.15, 0.2) is 0 Å². The molecule has 0 saturated heterocycles. The zero-order valence-corrected chi connectivity index (χ0v) is 9.62. The zero-order valence-electron chi connectivity index (χ0n) is 9.62. The largest absolute Gasteiger partial charge is 0.328 e. The van der Waals surface area contributed by atoms with Gasteiger partial charge in [0, 0.05) is 6.04 Å². The minimum absolute atomic E-state index is 0.398. The van der Waals surface area contributed by atoms with Crippen molar-refractivity contribution in [3.63, 3.8) is 0 Å². The summed E-state index contributed by atoms with van der Waals surface area (Å²) >= 11 is 0. The van der Waals surface area contributed by atoms with Crippen molar-refractivity contribution in [3.8, 4) is 0 Å². The lowest BCUT2D eigenvalue weighted by molar-refractivity contribution is 0.100. The van der Waals surface area contributed by atoms with Crippen LogP contribution in [-0.4, -0.2) is 11.7 Å². The summed E-state index contributed by atoms with van der Waals surface area (Å²) in [6.45, 7) is 0. The first-order chi connectivity index (χ1) is 7.09. The van der Waals surface area contributed by atoms with E-state index in [-0.39, 0.29) is 0 Å². The lowest BCUT2D eigenvalue weighted by atomic mass is 9.68. The standard InChI is InChI=1S/C12H25N3/c13-10-6-4-9(5-7-10)11-3-1-2-8-12(11,14)15/h9-11H,1-8,13-15H2. The van der Waals surface area contributed by atoms with Crippen molar-refractivity contribution < 1.29 is 0 Å². The maximum Gasteiger partial charge on any atom is 0.0668 e. The summed E-state index contributed by atoms with van der Waals surface area (Å²) in [5.74, 6) is 1.28. The molecule has 3 nitrogen and oxygen atoms in total. The highest BCUT2D eigenvalue weighted by Crippen LogP contribution is 2.40. The van der Waals surface area contributed by atoms with Crippen LogP contribution in [0.1, 0.15) is 51.4 Å². The van der Waals surface area contributed by atoms with E-state index >= 15 is 0 Å². The van der Waals surface area contributed by atoms with Crippen LogP contribution < -0.4 is 17.2 Å². The van der Waals surface area contributed by atoms with Gasteiger partial charge in [0.25, 0.3) is 0 Å². The van der Waals surface area contributed by atoms with Crippen LogP contribution in [0.2, 0.25) is 0 Å². The minimum atomic E-state index is -0.398. The molecule has 0 aromatic carbocycles. The lowest BCUT2D eigenvalue weighted by Gasteiger charge is -2.44. The summed E-state index contributed by atoms with van der Waals surface area (Å²) in [4.78, 5) is 0. The van der Waals surface area contributed by atoms with E-state index in [4.69, 9.17) is 17.2 Å². The van der Waals surface area contributed by atoms with Gasteiger partial charge in [-0.05, 0) is 50.4 Å². The molecule has 2 aliphatic rings. The fraction of sp³-hybridized carbons (Fsp3) is 1.00. The Balaban J connectivity index is 1.96. The zero-order chi connectivity index (χ0) is 10.9. The predicted octanol–water partition coefficient (Wildman–Crippen LogP) is 1.31. The van der Waals surface area contributed by atoms with E-state index in [1.54, 1.807) is 0 Å². The molecule has 0 aromatic heterocycles. The van der Waals surface area contributed by atoms with Crippen LogP contribution >= 0.6 is 0 Å². The summed E-state index contributed by atoms with van der Waals surface area (Å²) in [6.07, 6.45) is 9.55. The van der Waals surface area contributed by atoms with Crippen LogP contribution in [0.5, 0.6) is 0 Å². The van der Waals surface area contributed by atoms with Gasteiger partial charge in [-0.15, -0.1) is 0 Å². The van der Waals surface area contributed by atoms with Crippen molar-refractivity contribution in [1.82, 2.24) is 0 Å². The molecule has 0 spiro atoms. The van der Waals surface area contributed by atoms with Gasteiger partial charge < -0.3 is 17.2 Å². The van der Waals surface area contributed by atoms with E-state index < -0.39 is 5.66 Å². The van der Waals surface area contributed by atoms with Crippen molar-refractivity contribution in [2.45, 2.75) is 63.1 Å². The van der Waals surface area contributed by atoms with Crippen LogP contribution in [0.15, 0.2) is 0 Å². The van der Waals surface area contributed by atoms with Crippen molar-refractivity contribution in [3.05, 3.63) is 0 Å². The van der Waals surface area contributed by atoms with Crippen molar-refractivity contribution in [2.24, 2.45) is 29.0 Å². The average molecular weight is 211 g/mol. The molecule has 3 heteroatoms. The van der Waals surface area contributed by atoms with E-state index in [0.717, 1.165) is 25.2 Å². The van der Waals surface area contributed by atoms with Gasteiger partial charge in [-0.1, -0.05) is 12.8 Å². The van der Waals surface area contributed by atoms with E-state index in [1.165, 1.54) is 32.1 Å². The molecule has 0 radical (unpaired) electrons. The second-order valence-corrected chi connectivity index (χ2v) is 5.64. The Labute approximate surface area is 92.8 Å². The van der Waals surface area contributed by atoms with E-state index in [0.29, 0.717) is 12.0 Å². The maximum absolute atomic E-state index is 6.23. The molecule has 0 aromatic rings. The van der Waals surface area contributed by atoms with Crippen LogP contribution in [0.4, 0.5) is 0 Å². The Kier molecular flexibility index (Phi) is 3.33. The molecular weight excluding hydrogens is 186 g/mol. The van der Waals surface area contributed by atoms with Crippen LogP contribution in [-0.2, 0) is 0 Å². The number of hydrogen-bond acceptors (Lipinski definition) is 3. The first-order valence-corrected chi connectivity index (χ1v) is 6.43. The Bertz CT molecular complexity index is 207. The summed E-state index contributed by atoms with van der Waals surface area (Å²) in [7, 11) is 0. The van der Waals surface area contributed by atoms with Crippen molar-refractivity contribution >= 4 is 0 Å². The van der Waals surface area contributed by atoms with Crippen LogP contribution in [0, 0.1) is 11.8 Å². The molecule has 1 atom stereocenters. The SMILES string of the molecule is NC1CCC(C2CCCCC2(N)N)CC1. The molecule has 1 unspecified atom stereocenters. The highest BCUT2D eigenvalue weighted by Gasteiger charge is 2.39. The van der Waals surface area contributed by atoms with Gasteiger partial charge in [-0.25, -0.2) is 0 Å². The predicted molar refractivity (Wildman–Crippen MR) is 63.0 cm³/mol. The topological polar surface area (TPSA) is 78.1 Å². The monoisotopic (exact) mass is 211 g/mol. The molecule has 2 saturated carbocycles. The molecule has 88 valence electrons. The second-order valence-electron chi connectivity index (χ2n) is 5.64.